The van der Waals surface area contributed by atoms with Crippen molar-refractivity contribution in [3.63, 3.8) is 0 Å². The van der Waals surface area contributed by atoms with Gasteiger partial charge in [0, 0.05) is 19.3 Å². The molecule has 1 aromatic heterocycles. The molecule has 5 nitrogen and oxygen atoms in total. The molecule has 2 N–H and O–H groups in total. The molecule has 1 amide bonds. The molecular formula is C17H21N3O2. The third-order valence-electron chi connectivity index (χ3n) is 3.27. The number of hydrogen-bond donors (Lipinski definition) is 2. The van der Waals surface area contributed by atoms with Crippen molar-refractivity contribution in [3.8, 4) is 0 Å². The van der Waals surface area contributed by atoms with Crippen LogP contribution in [0, 0.1) is 0 Å². The van der Waals surface area contributed by atoms with Gasteiger partial charge < -0.3 is 15.4 Å². The van der Waals surface area contributed by atoms with Crippen molar-refractivity contribution >= 4 is 17.3 Å². The number of benzene rings is 1. The Morgan fingerprint density at radius 1 is 1.23 bits per heavy atom. The first kappa shape index (κ1) is 16.0. The molecule has 0 fully saturated rings. The number of amides is 1. The molecule has 0 spiro atoms. The van der Waals surface area contributed by atoms with Gasteiger partial charge in [-0.3, -0.25) is 4.79 Å². The summed E-state index contributed by atoms with van der Waals surface area (Å²) in [5.41, 5.74) is 3.55. The number of aryl methyl sites for hydroxylation is 1. The lowest BCUT2D eigenvalue weighted by Crippen LogP contribution is -2.27. The Hall–Kier alpha value is -2.40. The van der Waals surface area contributed by atoms with E-state index in [0.717, 1.165) is 17.8 Å². The smallest absolute Gasteiger partial charge is 0.269 e. The van der Waals surface area contributed by atoms with Crippen LogP contribution in [-0.4, -0.2) is 31.2 Å². The van der Waals surface area contributed by atoms with Crippen LogP contribution in [0.1, 0.15) is 23.0 Å². The molecular weight excluding hydrogens is 278 g/mol. The van der Waals surface area contributed by atoms with E-state index >= 15 is 0 Å². The number of nitrogens with zero attached hydrogens (tertiary/aromatic N) is 1. The Balaban J connectivity index is 2.01. The van der Waals surface area contributed by atoms with E-state index < -0.39 is 0 Å². The monoisotopic (exact) mass is 299 g/mol. The molecule has 0 radical (unpaired) electrons. The molecule has 1 aromatic carbocycles. The summed E-state index contributed by atoms with van der Waals surface area (Å²) >= 11 is 0. The Labute approximate surface area is 130 Å². The van der Waals surface area contributed by atoms with E-state index in [-0.39, 0.29) is 5.91 Å². The van der Waals surface area contributed by atoms with E-state index in [1.807, 2.05) is 24.3 Å². The van der Waals surface area contributed by atoms with Crippen LogP contribution in [0.2, 0.25) is 0 Å². The summed E-state index contributed by atoms with van der Waals surface area (Å²) < 4.78 is 4.89. The third-order valence-corrected chi connectivity index (χ3v) is 3.27. The fraction of sp³-hybridized carbons (Fsp3) is 0.294. The van der Waals surface area contributed by atoms with Crippen molar-refractivity contribution in [1.29, 1.82) is 0 Å². The minimum absolute atomic E-state index is 0.197. The summed E-state index contributed by atoms with van der Waals surface area (Å²) in [4.78, 5) is 16.0. The van der Waals surface area contributed by atoms with Crippen LogP contribution in [0.4, 0.5) is 11.4 Å². The van der Waals surface area contributed by atoms with Gasteiger partial charge in [0.15, 0.2) is 0 Å². The van der Waals surface area contributed by atoms with Crippen molar-refractivity contribution in [2.24, 2.45) is 0 Å². The molecule has 0 saturated carbocycles. The maximum atomic E-state index is 11.8. The molecule has 1 heterocycles. The molecule has 0 aliphatic rings. The summed E-state index contributed by atoms with van der Waals surface area (Å²) in [7, 11) is 1.60. The van der Waals surface area contributed by atoms with Crippen molar-refractivity contribution in [2.45, 2.75) is 13.3 Å². The summed E-state index contributed by atoms with van der Waals surface area (Å²) in [5.74, 6) is -0.197. The highest BCUT2D eigenvalue weighted by atomic mass is 16.5. The van der Waals surface area contributed by atoms with Gasteiger partial charge in [-0.15, -0.1) is 0 Å². The summed E-state index contributed by atoms with van der Waals surface area (Å²) in [6, 6.07) is 11.7. The number of carbonyl (C=O) groups is 1. The lowest BCUT2D eigenvalue weighted by atomic mass is 10.1. The molecule has 0 aliphatic heterocycles. The molecule has 2 rings (SSSR count). The minimum atomic E-state index is -0.197. The van der Waals surface area contributed by atoms with Crippen molar-refractivity contribution < 1.29 is 9.53 Å². The molecule has 5 heteroatoms. The van der Waals surface area contributed by atoms with Crippen molar-refractivity contribution in [1.82, 2.24) is 10.3 Å². The predicted molar refractivity (Wildman–Crippen MR) is 87.5 cm³/mol. The van der Waals surface area contributed by atoms with Crippen molar-refractivity contribution in [2.75, 3.05) is 25.6 Å². The first-order valence-corrected chi connectivity index (χ1v) is 7.32. The Bertz CT molecular complexity index is 612. The van der Waals surface area contributed by atoms with E-state index in [1.165, 1.54) is 5.56 Å². The van der Waals surface area contributed by atoms with Crippen LogP contribution in [0.5, 0.6) is 0 Å². The molecule has 22 heavy (non-hydrogen) atoms. The lowest BCUT2D eigenvalue weighted by Gasteiger charge is -2.11. The number of rotatable bonds is 7. The highest BCUT2D eigenvalue weighted by Crippen LogP contribution is 2.20. The van der Waals surface area contributed by atoms with Gasteiger partial charge in [-0.05, 0) is 30.2 Å². The number of ether oxygens (including phenoxy) is 1. The van der Waals surface area contributed by atoms with Crippen LogP contribution in [0.15, 0.2) is 42.6 Å². The van der Waals surface area contributed by atoms with Gasteiger partial charge >= 0.3 is 0 Å². The molecule has 0 atom stereocenters. The van der Waals surface area contributed by atoms with Gasteiger partial charge in [-0.25, -0.2) is 4.98 Å². The highest BCUT2D eigenvalue weighted by Gasteiger charge is 2.07. The Kier molecular flexibility index (Phi) is 5.91. The molecule has 0 bridgehead atoms. The van der Waals surface area contributed by atoms with Crippen LogP contribution in [0.3, 0.4) is 0 Å². The quantitative estimate of drug-likeness (QED) is 0.772. The second-order valence-corrected chi connectivity index (χ2v) is 4.82. The normalized spacial score (nSPS) is 10.3. The second kappa shape index (κ2) is 8.14. The van der Waals surface area contributed by atoms with Crippen molar-refractivity contribution in [3.05, 3.63) is 53.9 Å². The second-order valence-electron chi connectivity index (χ2n) is 4.82. The summed E-state index contributed by atoms with van der Waals surface area (Å²) in [6.07, 6.45) is 2.62. The lowest BCUT2D eigenvalue weighted by molar-refractivity contribution is 0.0932. The maximum Gasteiger partial charge on any atom is 0.269 e. The number of aromatic nitrogens is 1. The first-order valence-electron chi connectivity index (χ1n) is 7.32. The van der Waals surface area contributed by atoms with E-state index in [2.05, 4.69) is 28.6 Å². The van der Waals surface area contributed by atoms with Gasteiger partial charge in [-0.2, -0.15) is 0 Å². The zero-order valence-corrected chi connectivity index (χ0v) is 12.9. The summed E-state index contributed by atoms with van der Waals surface area (Å²) in [6.45, 7) is 3.08. The van der Waals surface area contributed by atoms with Gasteiger partial charge in [0.2, 0.25) is 0 Å². The van der Waals surface area contributed by atoms with E-state index in [9.17, 15) is 4.79 Å². The maximum absolute atomic E-state index is 11.8. The zero-order chi connectivity index (χ0) is 15.8. The van der Waals surface area contributed by atoms with Crippen LogP contribution < -0.4 is 10.6 Å². The number of carbonyl (C=O) groups excluding carboxylic acids is 1. The molecule has 2 aromatic rings. The molecule has 0 saturated heterocycles. The predicted octanol–water partition coefficient (Wildman–Crippen LogP) is 2.76. The van der Waals surface area contributed by atoms with E-state index in [0.29, 0.717) is 18.8 Å². The van der Waals surface area contributed by atoms with E-state index in [4.69, 9.17) is 4.74 Å². The molecule has 116 valence electrons. The fourth-order valence-electron chi connectivity index (χ4n) is 2.07. The van der Waals surface area contributed by atoms with Crippen LogP contribution in [0.25, 0.3) is 0 Å². The SMILES string of the molecule is CCc1ccccc1Nc1ccc(C(=O)NCCOC)nc1. The number of pyridine rings is 1. The van der Waals surface area contributed by atoms with Gasteiger partial charge in [-0.1, -0.05) is 25.1 Å². The van der Waals surface area contributed by atoms with Gasteiger partial charge in [0.25, 0.3) is 5.91 Å². The average Bonchev–Trinajstić information content (AvgIpc) is 2.56. The highest BCUT2D eigenvalue weighted by molar-refractivity contribution is 5.92. The largest absolute Gasteiger partial charge is 0.383 e. The Morgan fingerprint density at radius 2 is 2.05 bits per heavy atom. The van der Waals surface area contributed by atoms with Crippen LogP contribution in [-0.2, 0) is 11.2 Å². The van der Waals surface area contributed by atoms with E-state index in [1.54, 1.807) is 19.4 Å². The fourth-order valence-corrected chi connectivity index (χ4v) is 2.07. The average molecular weight is 299 g/mol. The van der Waals surface area contributed by atoms with Gasteiger partial charge in [0.05, 0.1) is 18.5 Å². The van der Waals surface area contributed by atoms with Gasteiger partial charge in [0.1, 0.15) is 5.69 Å². The number of anilines is 2. The zero-order valence-electron chi connectivity index (χ0n) is 12.9. The minimum Gasteiger partial charge on any atom is -0.383 e. The number of hydrogen-bond acceptors (Lipinski definition) is 4. The topological polar surface area (TPSA) is 63.2 Å². The first-order chi connectivity index (χ1) is 10.7. The van der Waals surface area contributed by atoms with Crippen LogP contribution >= 0.6 is 0 Å². The third kappa shape index (κ3) is 4.30. The number of para-hydroxylation sites is 1. The number of methoxy groups -OCH3 is 1. The standard InChI is InChI=1S/C17H21N3O2/c1-3-13-6-4-5-7-15(13)20-14-8-9-16(19-12-14)17(21)18-10-11-22-2/h4-9,12,20H,3,10-11H2,1-2H3,(H,18,21). The summed E-state index contributed by atoms with van der Waals surface area (Å²) in [5, 5.41) is 6.07. The molecule has 0 aliphatic carbocycles. The molecule has 0 unspecified atom stereocenters. The Morgan fingerprint density at radius 3 is 2.73 bits per heavy atom. The number of nitrogens with one attached hydrogen (secondary N) is 2.